The van der Waals surface area contributed by atoms with Crippen LogP contribution in [0, 0.1) is 0 Å². The van der Waals surface area contributed by atoms with E-state index >= 15 is 0 Å². The predicted molar refractivity (Wildman–Crippen MR) is 218 cm³/mol. The van der Waals surface area contributed by atoms with Gasteiger partial charge in [0, 0.05) is 97.2 Å². The average Bonchev–Trinajstić information content (AvgIpc) is 3.55. The van der Waals surface area contributed by atoms with Crippen LogP contribution in [0.25, 0.3) is 22.0 Å². The van der Waals surface area contributed by atoms with Crippen molar-refractivity contribution in [3.63, 3.8) is 0 Å². The third kappa shape index (κ3) is 10.4. The van der Waals surface area contributed by atoms with Gasteiger partial charge in [-0.15, -0.1) is 13.2 Å². The first-order chi connectivity index (χ1) is 27.4. The normalized spacial score (nSPS) is 16.5. The molecule has 57 heavy (non-hydrogen) atoms. The summed E-state index contributed by atoms with van der Waals surface area (Å²) in [6.07, 6.45) is -0.777. The Labute approximate surface area is 340 Å². The number of nitrogens with zero attached hydrogens (tertiary/aromatic N) is 3. The van der Waals surface area contributed by atoms with Crippen molar-refractivity contribution in [2.75, 3.05) is 45.8 Å². The van der Waals surface area contributed by atoms with Crippen LogP contribution in [0.5, 0.6) is 11.5 Å². The smallest absolute Gasteiger partial charge is 0.508 e. The molecule has 302 valence electrons. The fourth-order valence-corrected chi connectivity index (χ4v) is 8.38. The number of hydrogen-bond acceptors (Lipinski definition) is 7. The lowest BCUT2D eigenvalue weighted by molar-refractivity contribution is -0.274. The van der Waals surface area contributed by atoms with Crippen LogP contribution in [0.1, 0.15) is 36.0 Å². The van der Waals surface area contributed by atoms with E-state index in [1.54, 1.807) is 30.3 Å². The van der Waals surface area contributed by atoms with Crippen LogP contribution in [0.3, 0.4) is 0 Å². The van der Waals surface area contributed by atoms with Crippen LogP contribution in [0.4, 0.5) is 13.2 Å². The highest BCUT2D eigenvalue weighted by Crippen LogP contribution is 2.34. The highest BCUT2D eigenvalue weighted by molar-refractivity contribution is 6.36. The fourth-order valence-electron chi connectivity index (χ4n) is 7.86. The Bertz CT molecular complexity index is 2130. The first-order valence-corrected chi connectivity index (χ1v) is 20.1. The molecule has 0 aliphatic carbocycles. The molecule has 0 unspecified atom stereocenters. The summed E-state index contributed by atoms with van der Waals surface area (Å²) < 4.78 is 45.1. The molecule has 4 N–H and O–H groups in total. The van der Waals surface area contributed by atoms with Crippen LogP contribution in [0.2, 0.25) is 10.0 Å². The Morgan fingerprint density at radius 2 is 1.54 bits per heavy atom. The summed E-state index contributed by atoms with van der Waals surface area (Å²) in [4.78, 5) is 18.5. The molecule has 0 radical (unpaired) electrons. The molecule has 0 bridgehead atoms. The van der Waals surface area contributed by atoms with Gasteiger partial charge >= 0.3 is 6.36 Å². The number of carbonyl (C=O) groups is 1. The predicted octanol–water partition coefficient (Wildman–Crippen LogP) is 7.96. The molecule has 4 aromatic carbocycles. The number of ether oxygens (including phenoxy) is 1. The lowest BCUT2D eigenvalue weighted by atomic mass is 9.87. The molecule has 2 saturated heterocycles. The van der Waals surface area contributed by atoms with Crippen molar-refractivity contribution in [3.05, 3.63) is 118 Å². The molecular formula is C43H47Cl2F3N6O3. The van der Waals surface area contributed by atoms with E-state index in [1.807, 2.05) is 30.5 Å². The second kappa shape index (κ2) is 18.1. The maximum Gasteiger partial charge on any atom is 0.573 e. The summed E-state index contributed by atoms with van der Waals surface area (Å²) >= 11 is 12.9. The van der Waals surface area contributed by atoms with Gasteiger partial charge in [0.25, 0.3) is 0 Å². The van der Waals surface area contributed by atoms with E-state index in [9.17, 15) is 23.1 Å². The number of halogens is 5. The van der Waals surface area contributed by atoms with Crippen LogP contribution < -0.4 is 20.7 Å². The SMILES string of the molecule is O=C(NCCCn1cc(-c2ccc(OC(F)(F)F)cc2)c2cc(CN3CCN(Cc4c(Cl)cccc4Cl)CC3)ccc21)C1(NCc2cccc(O)c2)CCNCC1. The molecule has 5 aromatic rings. The summed E-state index contributed by atoms with van der Waals surface area (Å²) in [5, 5.41) is 22.3. The van der Waals surface area contributed by atoms with E-state index in [1.165, 1.54) is 12.1 Å². The van der Waals surface area contributed by atoms with Crippen molar-refractivity contribution in [1.29, 1.82) is 0 Å². The summed E-state index contributed by atoms with van der Waals surface area (Å²) in [5.74, 6) is -0.125. The summed E-state index contributed by atoms with van der Waals surface area (Å²) in [6, 6.07) is 25.0. The van der Waals surface area contributed by atoms with Gasteiger partial charge < -0.3 is 25.0 Å². The zero-order chi connectivity index (χ0) is 40.0. The van der Waals surface area contributed by atoms with Crippen molar-refractivity contribution in [2.24, 2.45) is 0 Å². The molecule has 7 rings (SSSR count). The van der Waals surface area contributed by atoms with Gasteiger partial charge in [-0.05, 0) is 97.6 Å². The monoisotopic (exact) mass is 822 g/mol. The van der Waals surface area contributed by atoms with Gasteiger partial charge in [0.05, 0.1) is 0 Å². The lowest BCUT2D eigenvalue weighted by Gasteiger charge is -2.37. The maximum atomic E-state index is 13.7. The van der Waals surface area contributed by atoms with Crippen molar-refractivity contribution < 1.29 is 27.8 Å². The van der Waals surface area contributed by atoms with Crippen LogP contribution in [0.15, 0.2) is 91.1 Å². The number of piperazine rings is 1. The molecule has 0 saturated carbocycles. The number of alkyl halides is 3. The Balaban J connectivity index is 1.03. The Morgan fingerprint density at radius 1 is 0.860 bits per heavy atom. The van der Waals surface area contributed by atoms with Crippen LogP contribution >= 0.6 is 23.2 Å². The van der Waals surface area contributed by atoms with Gasteiger partial charge in [0.15, 0.2) is 0 Å². The van der Waals surface area contributed by atoms with E-state index in [-0.39, 0.29) is 17.4 Å². The molecular weight excluding hydrogens is 776 g/mol. The molecule has 2 aliphatic rings. The number of nitrogens with one attached hydrogen (secondary N) is 3. The largest absolute Gasteiger partial charge is 0.573 e. The number of aromatic nitrogens is 1. The molecule has 0 atom stereocenters. The number of piperidine rings is 1. The minimum absolute atomic E-state index is 0.0403. The maximum absolute atomic E-state index is 13.7. The zero-order valence-electron chi connectivity index (χ0n) is 31.6. The van der Waals surface area contributed by atoms with E-state index in [4.69, 9.17) is 23.2 Å². The van der Waals surface area contributed by atoms with Gasteiger partial charge in [0.1, 0.15) is 17.0 Å². The summed E-state index contributed by atoms with van der Waals surface area (Å²) in [6.45, 7) is 7.94. The quantitative estimate of drug-likeness (QED) is 0.0846. The van der Waals surface area contributed by atoms with Crippen molar-refractivity contribution in [2.45, 2.75) is 57.3 Å². The zero-order valence-corrected chi connectivity index (χ0v) is 33.1. The van der Waals surface area contributed by atoms with Crippen LogP contribution in [-0.2, 0) is 31.0 Å². The number of aromatic hydroxyl groups is 1. The van der Waals surface area contributed by atoms with E-state index in [0.29, 0.717) is 55.5 Å². The number of aryl methyl sites for hydroxylation is 1. The van der Waals surface area contributed by atoms with Gasteiger partial charge in [-0.2, -0.15) is 0 Å². The number of hydrogen-bond donors (Lipinski definition) is 4. The van der Waals surface area contributed by atoms with Gasteiger partial charge in [-0.1, -0.05) is 59.6 Å². The van der Waals surface area contributed by atoms with E-state index in [0.717, 1.165) is 84.5 Å². The third-order valence-electron chi connectivity index (χ3n) is 11.0. The highest BCUT2D eigenvalue weighted by Gasteiger charge is 2.39. The minimum Gasteiger partial charge on any atom is -0.508 e. The number of phenolic OH excluding ortho intramolecular Hbond substituents is 1. The standard InChI is InChI=1S/C43H47Cl2F3N6O3/c44-38-6-2-7-39(45)37(38)28-53-22-20-52(21-23-53)27-31-8-13-40-35(25-31)36(32-9-11-34(12-10-32)57-43(46,47)48)29-54(40)19-3-16-50-41(56)42(14-17-49-18-15-42)51-26-30-4-1-5-33(55)24-30/h1-2,4-13,24-25,29,49,51,55H,3,14-23,26-28H2,(H,50,56). The molecule has 9 nitrogen and oxygen atoms in total. The molecule has 3 heterocycles. The molecule has 2 fully saturated rings. The number of fused-ring (bicyclic) bond motifs is 1. The Morgan fingerprint density at radius 3 is 2.23 bits per heavy atom. The summed E-state index contributed by atoms with van der Waals surface area (Å²) in [5.41, 5.74) is 4.94. The second-order valence-corrected chi connectivity index (χ2v) is 15.7. The second-order valence-electron chi connectivity index (χ2n) is 14.9. The van der Waals surface area contributed by atoms with Gasteiger partial charge in [0.2, 0.25) is 5.91 Å². The lowest BCUT2D eigenvalue weighted by Crippen LogP contribution is -2.61. The first-order valence-electron chi connectivity index (χ1n) is 19.3. The molecule has 2 aliphatic heterocycles. The molecule has 1 aromatic heterocycles. The van der Waals surface area contributed by atoms with Crippen LogP contribution in [-0.4, -0.2) is 83.1 Å². The third-order valence-corrected chi connectivity index (χ3v) is 11.7. The van der Waals surface area contributed by atoms with Crippen molar-refractivity contribution in [1.82, 2.24) is 30.3 Å². The highest BCUT2D eigenvalue weighted by atomic mass is 35.5. The Hall–Kier alpha value is -4.30. The van der Waals surface area contributed by atoms with Crippen molar-refractivity contribution >= 4 is 40.0 Å². The summed E-state index contributed by atoms with van der Waals surface area (Å²) in [7, 11) is 0. The van der Waals surface area contributed by atoms with Gasteiger partial charge in [-0.3, -0.25) is 19.9 Å². The number of rotatable bonds is 14. The average molecular weight is 824 g/mol. The number of amides is 1. The van der Waals surface area contributed by atoms with Gasteiger partial charge in [-0.25, -0.2) is 0 Å². The van der Waals surface area contributed by atoms with E-state index < -0.39 is 11.9 Å². The fraction of sp³-hybridized carbons (Fsp3) is 0.372. The van der Waals surface area contributed by atoms with E-state index in [2.05, 4.69) is 53.3 Å². The number of benzene rings is 4. The topological polar surface area (TPSA) is 94.0 Å². The Kier molecular flexibility index (Phi) is 13.0. The molecule has 0 spiro atoms. The first kappa shape index (κ1) is 40.9. The minimum atomic E-state index is -4.77. The molecule has 1 amide bonds. The molecule has 14 heteroatoms. The number of carbonyl (C=O) groups excluding carboxylic acids is 1. The van der Waals surface area contributed by atoms with Crippen molar-refractivity contribution in [3.8, 4) is 22.6 Å². The number of phenols is 1.